The van der Waals surface area contributed by atoms with E-state index in [1.165, 1.54) is 11.1 Å². The molecule has 4 nitrogen and oxygen atoms in total. The van der Waals surface area contributed by atoms with Crippen LogP contribution in [0.15, 0.2) is 30.5 Å². The van der Waals surface area contributed by atoms with Gasteiger partial charge in [0.15, 0.2) is 0 Å². The lowest BCUT2D eigenvalue weighted by molar-refractivity contribution is 0.414. The second-order valence-electron chi connectivity index (χ2n) is 4.09. The van der Waals surface area contributed by atoms with Crippen LogP contribution in [-0.4, -0.2) is 23.9 Å². The van der Waals surface area contributed by atoms with Crippen molar-refractivity contribution in [1.82, 2.24) is 15.1 Å². The van der Waals surface area contributed by atoms with Crippen LogP contribution in [-0.2, 0) is 13.1 Å². The highest BCUT2D eigenvalue weighted by Crippen LogP contribution is 2.27. The maximum Gasteiger partial charge on any atom is 0.119 e. The molecule has 0 bridgehead atoms. The van der Waals surface area contributed by atoms with Gasteiger partial charge in [0.05, 0.1) is 12.8 Å². The van der Waals surface area contributed by atoms with Crippen molar-refractivity contribution >= 4 is 0 Å². The van der Waals surface area contributed by atoms with Crippen LogP contribution in [0.2, 0.25) is 0 Å². The SMILES string of the molecule is CCn1nccc1-c1ccc(OC)cc1CNC. The van der Waals surface area contributed by atoms with Crippen LogP contribution in [0.5, 0.6) is 5.75 Å². The Morgan fingerprint density at radius 2 is 2.17 bits per heavy atom. The summed E-state index contributed by atoms with van der Waals surface area (Å²) in [5, 5.41) is 7.51. The van der Waals surface area contributed by atoms with Crippen LogP contribution in [0.25, 0.3) is 11.3 Å². The molecule has 0 atom stereocenters. The molecule has 4 heteroatoms. The highest BCUT2D eigenvalue weighted by molar-refractivity contribution is 5.65. The fourth-order valence-corrected chi connectivity index (χ4v) is 2.10. The molecule has 2 rings (SSSR count). The molecule has 96 valence electrons. The number of rotatable bonds is 5. The Labute approximate surface area is 108 Å². The number of aromatic nitrogens is 2. The standard InChI is InChI=1S/C14H19N3O/c1-4-17-14(7-8-16-17)13-6-5-12(18-3)9-11(13)10-15-2/h5-9,15H,4,10H2,1-3H3. The molecule has 0 radical (unpaired) electrons. The molecular formula is C14H19N3O. The quantitative estimate of drug-likeness (QED) is 0.878. The van der Waals surface area contributed by atoms with Crippen LogP contribution in [0, 0.1) is 0 Å². The summed E-state index contributed by atoms with van der Waals surface area (Å²) in [6.07, 6.45) is 1.84. The zero-order valence-electron chi connectivity index (χ0n) is 11.1. The van der Waals surface area contributed by atoms with Crippen molar-refractivity contribution in [3.63, 3.8) is 0 Å². The summed E-state index contributed by atoms with van der Waals surface area (Å²) in [5.74, 6) is 0.881. The number of hydrogen-bond acceptors (Lipinski definition) is 3. The van der Waals surface area contributed by atoms with E-state index in [9.17, 15) is 0 Å². The van der Waals surface area contributed by atoms with Gasteiger partial charge in [0.1, 0.15) is 5.75 Å². The molecule has 0 aliphatic carbocycles. The zero-order chi connectivity index (χ0) is 13.0. The second kappa shape index (κ2) is 5.69. The van der Waals surface area contributed by atoms with Gasteiger partial charge >= 0.3 is 0 Å². The molecule has 1 aromatic heterocycles. The second-order valence-corrected chi connectivity index (χ2v) is 4.09. The van der Waals surface area contributed by atoms with Gasteiger partial charge in [0, 0.05) is 24.8 Å². The van der Waals surface area contributed by atoms with E-state index in [0.29, 0.717) is 0 Å². The van der Waals surface area contributed by atoms with Crippen molar-refractivity contribution in [1.29, 1.82) is 0 Å². The van der Waals surface area contributed by atoms with Crippen LogP contribution >= 0.6 is 0 Å². The van der Waals surface area contributed by atoms with Crippen LogP contribution in [0.1, 0.15) is 12.5 Å². The van der Waals surface area contributed by atoms with Gasteiger partial charge in [-0.05, 0) is 43.8 Å². The summed E-state index contributed by atoms with van der Waals surface area (Å²) in [4.78, 5) is 0. The van der Waals surface area contributed by atoms with Crippen molar-refractivity contribution in [3.8, 4) is 17.0 Å². The van der Waals surface area contributed by atoms with Crippen LogP contribution < -0.4 is 10.1 Å². The monoisotopic (exact) mass is 245 g/mol. The summed E-state index contributed by atoms with van der Waals surface area (Å²) in [7, 11) is 3.63. The van der Waals surface area contributed by atoms with E-state index < -0.39 is 0 Å². The van der Waals surface area contributed by atoms with E-state index in [-0.39, 0.29) is 0 Å². The Bertz CT molecular complexity index is 520. The van der Waals surface area contributed by atoms with Crippen LogP contribution in [0.4, 0.5) is 0 Å². The number of methoxy groups -OCH3 is 1. The lowest BCUT2D eigenvalue weighted by atomic mass is 10.0. The summed E-state index contributed by atoms with van der Waals surface area (Å²) in [6, 6.07) is 8.19. The van der Waals surface area contributed by atoms with Gasteiger partial charge in [-0.1, -0.05) is 0 Å². The first kappa shape index (κ1) is 12.6. The van der Waals surface area contributed by atoms with Gasteiger partial charge in [-0.15, -0.1) is 0 Å². The molecule has 0 spiro atoms. The van der Waals surface area contributed by atoms with Gasteiger partial charge < -0.3 is 10.1 Å². The minimum atomic E-state index is 0.807. The Balaban J connectivity index is 2.49. The normalized spacial score (nSPS) is 10.6. The molecule has 0 unspecified atom stereocenters. The first-order valence-corrected chi connectivity index (χ1v) is 6.13. The molecule has 0 amide bonds. The highest BCUT2D eigenvalue weighted by atomic mass is 16.5. The smallest absolute Gasteiger partial charge is 0.119 e. The number of aryl methyl sites for hydroxylation is 1. The summed E-state index contributed by atoms with van der Waals surface area (Å²) in [5.41, 5.74) is 3.56. The first-order chi connectivity index (χ1) is 8.80. The number of nitrogens with one attached hydrogen (secondary N) is 1. The van der Waals surface area contributed by atoms with Gasteiger partial charge in [0.25, 0.3) is 0 Å². The molecule has 1 aromatic carbocycles. The molecule has 18 heavy (non-hydrogen) atoms. The minimum Gasteiger partial charge on any atom is -0.497 e. The van der Waals surface area contributed by atoms with Gasteiger partial charge in [-0.3, -0.25) is 4.68 Å². The lowest BCUT2D eigenvalue weighted by Crippen LogP contribution is -2.08. The number of benzene rings is 1. The van der Waals surface area contributed by atoms with Crippen molar-refractivity contribution in [2.75, 3.05) is 14.2 Å². The highest BCUT2D eigenvalue weighted by Gasteiger charge is 2.10. The van der Waals surface area contributed by atoms with E-state index >= 15 is 0 Å². The molecule has 0 saturated heterocycles. The maximum absolute atomic E-state index is 5.28. The van der Waals surface area contributed by atoms with E-state index in [0.717, 1.165) is 24.5 Å². The third-order valence-corrected chi connectivity index (χ3v) is 2.97. The summed E-state index contributed by atoms with van der Waals surface area (Å²) >= 11 is 0. The molecular weight excluding hydrogens is 226 g/mol. The number of hydrogen-bond donors (Lipinski definition) is 1. The first-order valence-electron chi connectivity index (χ1n) is 6.13. The van der Waals surface area contributed by atoms with E-state index in [1.807, 2.05) is 30.1 Å². The average Bonchev–Trinajstić information content (AvgIpc) is 2.87. The predicted molar refractivity (Wildman–Crippen MR) is 72.7 cm³/mol. The Kier molecular flexibility index (Phi) is 3.99. The molecule has 2 aromatic rings. The van der Waals surface area contributed by atoms with Gasteiger partial charge in [0.2, 0.25) is 0 Å². The molecule has 1 heterocycles. The van der Waals surface area contributed by atoms with Crippen molar-refractivity contribution < 1.29 is 4.74 Å². The third kappa shape index (κ3) is 2.38. The van der Waals surface area contributed by atoms with Crippen molar-refractivity contribution in [2.24, 2.45) is 0 Å². The number of nitrogens with zero attached hydrogens (tertiary/aromatic N) is 2. The fraction of sp³-hybridized carbons (Fsp3) is 0.357. The lowest BCUT2D eigenvalue weighted by Gasteiger charge is -2.12. The number of ether oxygens (including phenoxy) is 1. The Morgan fingerprint density at radius 1 is 1.33 bits per heavy atom. The molecule has 0 fully saturated rings. The Morgan fingerprint density at radius 3 is 2.83 bits per heavy atom. The molecule has 0 aliphatic heterocycles. The van der Waals surface area contributed by atoms with E-state index in [1.54, 1.807) is 7.11 Å². The zero-order valence-corrected chi connectivity index (χ0v) is 11.1. The maximum atomic E-state index is 5.28. The average molecular weight is 245 g/mol. The summed E-state index contributed by atoms with van der Waals surface area (Å²) < 4.78 is 7.28. The van der Waals surface area contributed by atoms with Crippen molar-refractivity contribution in [2.45, 2.75) is 20.0 Å². The van der Waals surface area contributed by atoms with E-state index in [4.69, 9.17) is 4.74 Å². The van der Waals surface area contributed by atoms with E-state index in [2.05, 4.69) is 29.5 Å². The van der Waals surface area contributed by atoms with Crippen LogP contribution in [0.3, 0.4) is 0 Å². The topological polar surface area (TPSA) is 39.1 Å². The predicted octanol–water partition coefficient (Wildman–Crippen LogP) is 2.30. The Hall–Kier alpha value is -1.81. The van der Waals surface area contributed by atoms with Gasteiger partial charge in [-0.25, -0.2) is 0 Å². The van der Waals surface area contributed by atoms with Gasteiger partial charge in [-0.2, -0.15) is 5.10 Å². The largest absolute Gasteiger partial charge is 0.497 e. The molecule has 0 aliphatic rings. The third-order valence-electron chi connectivity index (χ3n) is 2.97. The molecule has 1 N–H and O–H groups in total. The minimum absolute atomic E-state index is 0.807. The summed E-state index contributed by atoms with van der Waals surface area (Å²) in [6.45, 7) is 3.77. The molecule has 0 saturated carbocycles. The van der Waals surface area contributed by atoms with Crippen molar-refractivity contribution in [3.05, 3.63) is 36.0 Å². The fourth-order valence-electron chi connectivity index (χ4n) is 2.10.